The normalized spacial score (nSPS) is 16.2. The van der Waals surface area contributed by atoms with Crippen molar-refractivity contribution in [2.24, 2.45) is 29.1 Å². The van der Waals surface area contributed by atoms with Crippen LogP contribution in [0.15, 0.2) is 23.3 Å². The van der Waals surface area contributed by atoms with Gasteiger partial charge in [0.05, 0.1) is 0 Å². The summed E-state index contributed by atoms with van der Waals surface area (Å²) in [6, 6.07) is 0. The van der Waals surface area contributed by atoms with Gasteiger partial charge in [0, 0.05) is 687 Å². The van der Waals surface area contributed by atoms with Crippen LogP contribution in [0.4, 0.5) is 0 Å². The summed E-state index contributed by atoms with van der Waals surface area (Å²) >= 11 is 0. The van der Waals surface area contributed by atoms with Crippen molar-refractivity contribution in [3.8, 4) is 0 Å². The van der Waals surface area contributed by atoms with Gasteiger partial charge < -0.3 is 10.2 Å². The third-order valence-electron chi connectivity index (χ3n) is 6.13. The molecule has 0 bridgehead atoms. The fourth-order valence-electron chi connectivity index (χ4n) is 3.17. The van der Waals surface area contributed by atoms with Crippen LogP contribution in [0.2, 0.25) is 0 Å². The molecule has 5 atom stereocenters. The Morgan fingerprint density at radius 2 is 0.886 bits per heavy atom. The summed E-state index contributed by atoms with van der Waals surface area (Å²) < 4.78 is 0. The number of aliphatic hydroxyl groups is 2. The Kier molecular flexibility index (Phi) is 267. The van der Waals surface area contributed by atoms with Gasteiger partial charge in [-0.05, 0) is 36.0 Å². The van der Waals surface area contributed by atoms with Gasteiger partial charge in [-0.1, -0.05) is 60.1 Å². The Morgan fingerprint density at radius 3 is 1.16 bits per heavy atom. The van der Waals surface area contributed by atoms with Gasteiger partial charge in [0.25, 0.3) is 0 Å². The van der Waals surface area contributed by atoms with Crippen LogP contribution in [0.25, 0.3) is 0 Å². The van der Waals surface area contributed by atoms with E-state index >= 15 is 0 Å². The molecule has 197 valence electrons. The summed E-state index contributed by atoms with van der Waals surface area (Å²) in [5.41, 5.74) is 1.98. The summed E-state index contributed by atoms with van der Waals surface area (Å²) in [5.74, 6) is 2.50. The van der Waals surface area contributed by atoms with Gasteiger partial charge in [-0.15, -0.1) is 12.2 Å². The van der Waals surface area contributed by atoms with Gasteiger partial charge in [-0.25, -0.2) is 18.1 Å². The number of hydrogen-bond acceptors (Lipinski definition) is 2. The maximum absolute atomic E-state index is 10.2. The van der Waals surface area contributed by atoms with Crippen LogP contribution < -0.4 is 0 Å². The first-order valence-electron chi connectivity index (χ1n) is 8.93. The van der Waals surface area contributed by atoms with E-state index in [9.17, 15) is 10.2 Å². The Morgan fingerprint density at radius 1 is 0.591 bits per heavy atom. The van der Waals surface area contributed by atoms with Crippen molar-refractivity contribution >= 4 is 0 Å². The van der Waals surface area contributed by atoms with E-state index in [0.29, 0.717) is 23.7 Å². The van der Waals surface area contributed by atoms with E-state index in [2.05, 4.69) is 53.7 Å². The third-order valence-corrected chi connectivity index (χ3v) is 6.13. The van der Waals surface area contributed by atoms with Gasteiger partial charge in [-0.3, -0.25) is 6.42 Å². The van der Waals surface area contributed by atoms with E-state index in [1.807, 2.05) is 20.3 Å². The summed E-state index contributed by atoms with van der Waals surface area (Å²) in [4.78, 5) is 0. The van der Waals surface area contributed by atoms with Crippen LogP contribution in [0.1, 0.15) is 55.4 Å². The zero-order valence-corrected chi connectivity index (χ0v) is 87.9. The zero-order valence-electron chi connectivity index (χ0n) is 28.3. The Balaban J connectivity index is -0.0000000133. The first-order valence-corrected chi connectivity index (χ1v) is 8.93. The summed E-state index contributed by atoms with van der Waals surface area (Å²) in [6.07, 6.45) is 6.35. The molecule has 1 aliphatic carbocycles. The molecule has 23 heteroatoms. The van der Waals surface area contributed by atoms with Crippen LogP contribution in [0.5, 0.6) is 0 Å². The molecule has 0 heterocycles. The van der Waals surface area contributed by atoms with Gasteiger partial charge in [0.2, 0.25) is 0 Å². The van der Waals surface area contributed by atoms with Gasteiger partial charge in [0.15, 0.2) is 0 Å². The Bertz CT molecular complexity index is 489. The fourth-order valence-corrected chi connectivity index (χ4v) is 3.17. The van der Waals surface area contributed by atoms with E-state index in [-0.39, 0.29) is 692 Å². The molecule has 2 N–H and O–H groups in total. The molecule has 2 nitrogen and oxygen atoms in total. The topological polar surface area (TPSA) is 40.5 Å². The van der Waals surface area contributed by atoms with Crippen molar-refractivity contribution in [1.29, 1.82) is 0 Å². The van der Waals surface area contributed by atoms with Gasteiger partial charge in [-0.2, -0.15) is 0 Å². The second-order valence-corrected chi connectivity index (χ2v) is 8.30. The number of rotatable bonds is 5. The molecular weight excluding hydrogens is 2150 g/mol. The van der Waals surface area contributed by atoms with E-state index in [1.54, 1.807) is 6.42 Å². The molecule has 0 amide bonds. The molecule has 1 saturated carbocycles. The molecule has 0 aromatic rings. The van der Waals surface area contributed by atoms with Crippen LogP contribution in [0.3, 0.4) is 0 Å². The molecule has 1 aliphatic rings. The van der Waals surface area contributed by atoms with E-state index in [1.165, 1.54) is 5.57 Å². The molecule has 1 rings (SSSR count). The second kappa shape index (κ2) is 85.3. The van der Waals surface area contributed by atoms with Crippen LogP contribution in [0, 0.1) is 41.9 Å². The Hall–Kier alpha value is 22.5. The zero-order chi connectivity index (χ0) is 17.9. The van der Waals surface area contributed by atoms with Crippen molar-refractivity contribution in [1.82, 2.24) is 0 Å². The first kappa shape index (κ1) is 138. The molecule has 1 fully saturated rings. The maximum atomic E-state index is 10.2. The molecule has 0 aromatic heterocycles. The molecule has 0 spiro atoms. The van der Waals surface area contributed by atoms with Crippen molar-refractivity contribution in [2.45, 2.75) is 67.6 Å². The van der Waals surface area contributed by atoms with Crippen molar-refractivity contribution < 1.29 is 697 Å². The van der Waals surface area contributed by atoms with Crippen molar-refractivity contribution in [3.63, 3.8) is 0 Å². The quantitative estimate of drug-likeness (QED) is 0.398. The predicted octanol–water partition coefficient (Wildman–Crippen LogP) is 4.54. The average Bonchev–Trinajstić information content (AvgIpc) is 2.46. The molecule has 44 heavy (non-hydrogen) atoms. The minimum absolute atomic E-state index is 0. The van der Waals surface area contributed by atoms with Crippen molar-refractivity contribution in [2.75, 3.05) is 0 Å². The van der Waals surface area contributed by atoms with Crippen LogP contribution in [-0.4, -0.2) is 22.4 Å². The minimum Gasteiger partial charge on any atom is -0.438 e. The molecule has 0 aromatic carbocycles. The fraction of sp³-hybridized carbons (Fsp3) is 0.714. The van der Waals surface area contributed by atoms with E-state index in [0.717, 1.165) is 5.57 Å². The molecule has 0 aliphatic heterocycles. The standard InChI is InChI=1S/C21H36O2.21Y/c1-13(2)15(4)17(6)16(5)14(3)9-10-18-11-19(22)12-20(23)21(18,7)8;;;;;;;;;;;;;;;;;;;;;/h9-13,15-17,19-20,22-23H,1-8H3;;;;;;;;;;;;;;;;;;;;;/q-2;;;;;;;;;;;;;;;;;;;;;/b14-9+,18-10+;;;;;;;;;;;;;;;;;;;;;/t15?,16?,17?,19-,20+;;;;;;;;;;;;;;;;;;;;;/m1...................../s1. The van der Waals surface area contributed by atoms with Gasteiger partial charge >= 0.3 is 0 Å². The predicted molar refractivity (Wildman–Crippen MR) is 98.6 cm³/mol. The SMILES string of the molecule is C/C(=C\C=C1/[CH-][C@@H](O)[CH-][C@H](O)C1(C)C)C(C)C(C)C(C)C(C)C.[Y].[Y].[Y].[Y].[Y].[Y].[Y].[Y].[Y].[Y].[Y].[Y].[Y].[Y].[Y].[Y].[Y].[Y].[Y].[Y].[Y]. The Labute approximate surface area is 802 Å². The number of allylic oxidation sites excluding steroid dienone is 3. The van der Waals surface area contributed by atoms with E-state index in [4.69, 9.17) is 0 Å². The first-order chi connectivity index (χ1) is 10.5. The van der Waals surface area contributed by atoms with Crippen LogP contribution in [-0.2, 0) is 687 Å². The maximum Gasteiger partial charge on any atom is 0 e. The average molecular weight is 2190 g/mol. The summed E-state index contributed by atoms with van der Waals surface area (Å²) in [7, 11) is 0. The summed E-state index contributed by atoms with van der Waals surface area (Å²) in [6.45, 7) is 17.7. The minimum atomic E-state index is -0.671. The molecule has 21 radical (unpaired) electrons. The number of aliphatic hydroxyl groups excluding tert-OH is 2. The largest absolute Gasteiger partial charge is 0.438 e. The third kappa shape index (κ3) is 64.5. The molecule has 3 unspecified atom stereocenters. The summed E-state index contributed by atoms with van der Waals surface area (Å²) in [5, 5.41) is 20.0. The van der Waals surface area contributed by atoms with Crippen LogP contribution >= 0.6 is 0 Å². The monoisotopic (exact) mass is 2190 g/mol. The molecular formula is C21H36O2Y21-2. The van der Waals surface area contributed by atoms with Crippen molar-refractivity contribution in [3.05, 3.63) is 36.1 Å². The smallest absolute Gasteiger partial charge is 0 e. The van der Waals surface area contributed by atoms with Gasteiger partial charge in [0.1, 0.15) is 0 Å². The second-order valence-electron chi connectivity index (χ2n) is 8.30. The molecule has 0 saturated heterocycles. The number of hydrogen-bond donors (Lipinski definition) is 2. The van der Waals surface area contributed by atoms with E-state index < -0.39 is 12.2 Å².